The van der Waals surface area contributed by atoms with Crippen molar-refractivity contribution in [3.8, 4) is 45.6 Å². The molecule has 0 bridgehead atoms. The normalized spacial score (nSPS) is 12.4. The zero-order chi connectivity index (χ0) is 94.9. The van der Waals surface area contributed by atoms with Gasteiger partial charge in [0.05, 0.1) is 93.3 Å². The lowest BCUT2D eigenvalue weighted by molar-refractivity contribution is -0.0160. The Labute approximate surface area is 739 Å². The molecular weight excluding hydrogens is 1800 g/mol. The van der Waals surface area contributed by atoms with Crippen LogP contribution in [0.5, 0.6) is 0 Å². The van der Waals surface area contributed by atoms with Crippen molar-refractivity contribution >= 4 is 122 Å². The summed E-state index contributed by atoms with van der Waals surface area (Å²) in [6, 6.07) is 36.8. The number of aryl methyl sites for hydroxylation is 9. The van der Waals surface area contributed by atoms with Crippen LogP contribution in [0.4, 0.5) is 91.5 Å². The molecule has 4 amide bonds. The highest BCUT2D eigenvalue weighted by molar-refractivity contribution is 7.98. The molecule has 0 radical (unpaired) electrons. The van der Waals surface area contributed by atoms with Gasteiger partial charge in [0.1, 0.15) is 23.8 Å². The summed E-state index contributed by atoms with van der Waals surface area (Å²) in [5.41, 5.74) is 6.49. The van der Waals surface area contributed by atoms with Gasteiger partial charge in [-0.3, -0.25) is 40.2 Å². The van der Waals surface area contributed by atoms with Crippen LogP contribution in [-0.2, 0) is 87.2 Å². The minimum Gasteiger partial charge on any atom is -0.441 e. The van der Waals surface area contributed by atoms with E-state index in [0.29, 0.717) is 57.1 Å². The van der Waals surface area contributed by atoms with E-state index in [0.717, 1.165) is 57.9 Å². The maximum atomic E-state index is 14.1. The summed E-state index contributed by atoms with van der Waals surface area (Å²) in [7, 11) is -7.80. The average Bonchev–Trinajstić information content (AvgIpc) is 1.77. The maximum Gasteiger partial charge on any atom is 0.413 e. The molecule has 4 aromatic carbocycles. The first-order valence-corrected chi connectivity index (χ1v) is 46.4. The van der Waals surface area contributed by atoms with Crippen molar-refractivity contribution < 1.29 is 98.1 Å². The van der Waals surface area contributed by atoms with E-state index in [1.807, 2.05) is 37.4 Å². The fourth-order valence-electron chi connectivity index (χ4n) is 11.7. The highest BCUT2D eigenvalue weighted by atomic mass is 32.2. The molecule has 686 valence electrons. The number of hydrogen-bond donors (Lipinski definition) is 8. The minimum atomic E-state index is -3.53. The average molecular weight is 1890 g/mol. The third kappa shape index (κ3) is 27.8. The van der Waals surface area contributed by atoms with Gasteiger partial charge >= 0.3 is 24.4 Å². The Hall–Kier alpha value is -14.0. The second-order valence-electron chi connectivity index (χ2n) is 28.1. The summed E-state index contributed by atoms with van der Waals surface area (Å²) in [6.45, 7) is 11.6. The number of amides is 4. The van der Waals surface area contributed by atoms with Gasteiger partial charge in [-0.1, -0.05) is 99.2 Å². The van der Waals surface area contributed by atoms with Crippen LogP contribution in [0.25, 0.3) is 45.6 Å². The lowest BCUT2D eigenvalue weighted by Gasteiger charge is -2.18. The summed E-state index contributed by atoms with van der Waals surface area (Å²) in [4.78, 5) is 68.2. The molecule has 0 aliphatic heterocycles. The number of aromatic nitrogens is 16. The van der Waals surface area contributed by atoms with Crippen molar-refractivity contribution in [2.45, 2.75) is 90.6 Å². The Morgan fingerprint density at radius 1 is 0.372 bits per heavy atom. The predicted octanol–water partition coefficient (Wildman–Crippen LogP) is 13.3. The van der Waals surface area contributed by atoms with E-state index in [1.165, 1.54) is 88.8 Å². The summed E-state index contributed by atoms with van der Waals surface area (Å²) >= 11 is 1.58. The van der Waals surface area contributed by atoms with Gasteiger partial charge in [0.25, 0.3) is 12.9 Å². The third-order valence-electron chi connectivity index (χ3n) is 17.7. The first kappa shape index (κ1) is 98.8. The molecule has 0 saturated heterocycles. The molecule has 0 saturated carbocycles. The number of ether oxygens (including phenoxy) is 4. The van der Waals surface area contributed by atoms with Gasteiger partial charge in [-0.25, -0.2) is 118 Å². The Balaban J connectivity index is 0.000000194. The zero-order valence-electron chi connectivity index (χ0n) is 71.3. The fourth-order valence-corrected chi connectivity index (χ4v) is 14.9. The Morgan fingerprint density at radius 2 is 0.667 bits per heavy atom. The third-order valence-corrected chi connectivity index (χ3v) is 20.9. The Morgan fingerprint density at radius 3 is 0.984 bits per heavy atom. The highest BCUT2D eigenvalue weighted by Gasteiger charge is 2.33. The molecule has 12 aromatic rings. The SMILES string of the molecule is CSc1ccccc1[C@@H](C)OC(=O)Nc1c(-c2ccc(NS(C)(=O)=O)c(C)n2)nnn1C.Cc1ccc(F)c([C@@H](C)OC(=O)Nc2c(-c3ccc(NS(C)(=O)=O)c(C)n3)nnn2C)c1.Cc1nc(-c2nnn(C)c2NC(=O)O[C@@H](c2ccccc2)C(F)F)ccc1NS(C)(=O)=O.Cc1nc(-c2nnn(C)c2NC(=O)O[C@@H](c2ccccc2F)C(F)F)ccc1NS(C)(=O)=O. The number of hydrogen-bond acceptors (Lipinski definition) is 29. The maximum absolute atomic E-state index is 14.1. The van der Waals surface area contributed by atoms with Gasteiger partial charge in [0.2, 0.25) is 40.1 Å². The fraction of sp³-hybridized carbons (Fsp3) is 0.282. The molecule has 8 heterocycles. The van der Waals surface area contributed by atoms with Crippen LogP contribution < -0.4 is 40.2 Å². The Bertz CT molecular complexity index is 6580. The smallest absolute Gasteiger partial charge is 0.413 e. The van der Waals surface area contributed by atoms with Crippen LogP contribution in [0.3, 0.4) is 0 Å². The van der Waals surface area contributed by atoms with E-state index in [1.54, 1.807) is 116 Å². The zero-order valence-corrected chi connectivity index (χ0v) is 75.4. The van der Waals surface area contributed by atoms with Crippen LogP contribution in [0.1, 0.15) is 88.9 Å². The summed E-state index contributed by atoms with van der Waals surface area (Å²) < 4.78 is 209. The topological polar surface area (TPSA) is 512 Å². The van der Waals surface area contributed by atoms with Crippen molar-refractivity contribution in [3.05, 3.63) is 208 Å². The molecule has 0 unspecified atom stereocenters. The minimum absolute atomic E-state index is 0.0303. The number of pyridine rings is 4. The van der Waals surface area contributed by atoms with E-state index in [4.69, 9.17) is 18.9 Å². The van der Waals surface area contributed by atoms with Gasteiger partial charge in [0.15, 0.2) is 58.3 Å². The molecule has 129 heavy (non-hydrogen) atoms. The first-order valence-electron chi connectivity index (χ1n) is 37.6. The number of carbonyl (C=O) groups is 4. The number of thioether (sulfide) groups is 1. The number of halogens is 6. The van der Waals surface area contributed by atoms with Crippen LogP contribution in [0.15, 0.2) is 150 Å². The predicted molar refractivity (Wildman–Crippen MR) is 467 cm³/mol. The molecule has 0 fully saturated rings. The summed E-state index contributed by atoms with van der Waals surface area (Å²) in [5.74, 6) is -0.870. The van der Waals surface area contributed by atoms with Crippen molar-refractivity contribution in [2.75, 3.05) is 71.4 Å². The number of rotatable bonds is 27. The van der Waals surface area contributed by atoms with Gasteiger partial charge in [0, 0.05) is 49.8 Å². The van der Waals surface area contributed by atoms with Crippen LogP contribution >= 0.6 is 11.8 Å². The van der Waals surface area contributed by atoms with Crippen molar-refractivity contribution in [1.82, 2.24) is 79.9 Å². The lowest BCUT2D eigenvalue weighted by Crippen LogP contribution is -2.24. The number of nitrogens with one attached hydrogen (secondary N) is 8. The number of carbonyl (C=O) groups excluding carboxylic acids is 4. The lowest BCUT2D eigenvalue weighted by atomic mass is 10.1. The quantitative estimate of drug-likeness (QED) is 0.0135. The van der Waals surface area contributed by atoms with Crippen LogP contribution in [0, 0.1) is 46.3 Å². The number of benzene rings is 4. The monoisotopic (exact) mass is 1890 g/mol. The van der Waals surface area contributed by atoms with Crippen molar-refractivity contribution in [3.63, 3.8) is 0 Å². The molecular formula is C78H86F6N24O16S5. The largest absolute Gasteiger partial charge is 0.441 e. The highest BCUT2D eigenvalue weighted by Crippen LogP contribution is 2.36. The van der Waals surface area contributed by atoms with E-state index in [-0.39, 0.29) is 68.4 Å². The molecule has 4 atom stereocenters. The Kier molecular flexibility index (Phi) is 32.6. The number of alkyl halides is 4. The van der Waals surface area contributed by atoms with E-state index >= 15 is 0 Å². The molecule has 8 aromatic heterocycles. The summed E-state index contributed by atoms with van der Waals surface area (Å²) in [5, 5.41) is 41.4. The molecule has 51 heteroatoms. The van der Waals surface area contributed by atoms with Crippen molar-refractivity contribution in [1.29, 1.82) is 0 Å². The number of sulfonamides is 4. The second-order valence-corrected chi connectivity index (χ2v) is 35.9. The van der Waals surface area contributed by atoms with Gasteiger partial charge in [-0.05, 0) is 133 Å². The number of anilines is 8. The first-order chi connectivity index (χ1) is 60.5. The standard InChI is InChI=1S/C20H23FN6O4S.C20H24N6O4S2.C19H19F3N6O4S.C19H20F2N6O4S/c1-11-6-7-15(21)14(10-11)13(3)31-20(28)23-19-18(24-26-27(19)4)17-9-8-16(12(2)22-17)25-32(5,29)30;1-12-15(24-32(5,28)29)10-11-16(21-12)18-19(26(3)25-23-18)22-20(27)30-13(2)14-8-6-7-9-17(14)31-4;1-10-13(26-33(3,30)31)8-9-14(23-10)15-18(28(2)27-25-15)24-19(29)32-16(17(21)22)11-6-4-5-7-12(11)20;1-11-13(25-32(3,29)30)9-10-14(22-11)15-18(27(2)26-24-15)23-19(28)31-16(17(20)21)12-7-5-4-6-8-12/h6-10,13,25H,1-5H3,(H,23,28);6-11,13,24H,1-5H3,(H,22,27);4-9,16-17,26H,1-3H3,(H,24,29);4-10,16-17,25H,1-3H3,(H,23,28)/t2*13-;2*16-/m1100/s1. The van der Waals surface area contributed by atoms with E-state index < -0.39 is 119 Å². The molecule has 40 nitrogen and oxygen atoms in total. The molecule has 0 aliphatic carbocycles. The van der Waals surface area contributed by atoms with E-state index in [2.05, 4.69) is 101 Å². The molecule has 0 aliphatic rings. The summed E-state index contributed by atoms with van der Waals surface area (Å²) in [6.07, 6.45) is -9.15. The van der Waals surface area contributed by atoms with Gasteiger partial charge < -0.3 is 18.9 Å². The van der Waals surface area contributed by atoms with Crippen LogP contribution in [-0.4, -0.2) is 182 Å². The van der Waals surface area contributed by atoms with Crippen molar-refractivity contribution in [2.24, 2.45) is 28.2 Å². The number of nitrogens with zero attached hydrogens (tertiary/aromatic N) is 16. The van der Waals surface area contributed by atoms with Gasteiger partial charge in [-0.15, -0.1) is 32.2 Å². The molecule has 12 rings (SSSR count). The van der Waals surface area contributed by atoms with Crippen LogP contribution in [0.2, 0.25) is 0 Å². The van der Waals surface area contributed by atoms with Gasteiger partial charge in [-0.2, -0.15) is 0 Å². The molecule has 0 spiro atoms. The van der Waals surface area contributed by atoms with E-state index in [9.17, 15) is 79.2 Å². The molecule has 8 N–H and O–H groups in total. The second kappa shape index (κ2) is 42.6.